The van der Waals surface area contributed by atoms with Crippen LogP contribution in [0.4, 0.5) is 0 Å². The van der Waals surface area contributed by atoms with Crippen molar-refractivity contribution < 1.29 is 0 Å². The Morgan fingerprint density at radius 3 is 2.92 bits per heavy atom. The van der Waals surface area contributed by atoms with Gasteiger partial charge in [-0.2, -0.15) is 0 Å². The van der Waals surface area contributed by atoms with Crippen molar-refractivity contribution in [2.24, 2.45) is 0 Å². The zero-order chi connectivity index (χ0) is 8.55. The lowest BCUT2D eigenvalue weighted by Crippen LogP contribution is -2.45. The molecule has 1 saturated heterocycles. The second-order valence-corrected chi connectivity index (χ2v) is 3.55. The fraction of sp³-hybridized carbons (Fsp3) is 0.500. The van der Waals surface area contributed by atoms with E-state index in [4.69, 9.17) is 0 Å². The van der Waals surface area contributed by atoms with Crippen LogP contribution in [-0.4, -0.2) is 23.0 Å². The molecule has 1 aromatic rings. The lowest BCUT2D eigenvalue weighted by Gasteiger charge is -2.44. The predicted molar refractivity (Wildman–Crippen MR) is 48.8 cm³/mol. The lowest BCUT2D eigenvalue weighted by atomic mass is 9.90. The fourth-order valence-corrected chi connectivity index (χ4v) is 1.77. The van der Waals surface area contributed by atoms with Gasteiger partial charge in [0.05, 0.1) is 0 Å². The zero-order valence-corrected chi connectivity index (χ0v) is 7.57. The van der Waals surface area contributed by atoms with E-state index in [0.717, 1.165) is 6.04 Å². The predicted octanol–water partition coefficient (Wildman–Crippen LogP) is 1.85. The van der Waals surface area contributed by atoms with Gasteiger partial charge in [0.25, 0.3) is 0 Å². The van der Waals surface area contributed by atoms with Crippen molar-refractivity contribution in [1.29, 1.82) is 0 Å². The van der Waals surface area contributed by atoms with Crippen molar-refractivity contribution in [3.05, 3.63) is 30.1 Å². The summed E-state index contributed by atoms with van der Waals surface area (Å²) in [5.74, 6) is 0. The van der Waals surface area contributed by atoms with Crippen LogP contribution in [0.25, 0.3) is 0 Å². The highest BCUT2D eigenvalue weighted by atomic mass is 15.2. The Balaban J connectivity index is 2.13. The van der Waals surface area contributed by atoms with E-state index in [9.17, 15) is 0 Å². The Morgan fingerprint density at radius 1 is 1.58 bits per heavy atom. The molecule has 1 aromatic heterocycles. The van der Waals surface area contributed by atoms with Gasteiger partial charge in [-0.05, 0) is 32.0 Å². The minimum absolute atomic E-state index is 0.605. The maximum Gasteiger partial charge on any atom is 0.0377 e. The van der Waals surface area contributed by atoms with Gasteiger partial charge in [0.2, 0.25) is 0 Å². The molecule has 0 aromatic carbocycles. The third-order valence-corrected chi connectivity index (χ3v) is 2.82. The number of pyridine rings is 1. The van der Waals surface area contributed by atoms with E-state index in [1.165, 1.54) is 12.0 Å². The van der Waals surface area contributed by atoms with E-state index in [0.29, 0.717) is 6.04 Å². The molecule has 2 heterocycles. The van der Waals surface area contributed by atoms with Crippen LogP contribution in [0.15, 0.2) is 24.5 Å². The van der Waals surface area contributed by atoms with Crippen molar-refractivity contribution >= 4 is 0 Å². The molecule has 2 nitrogen and oxygen atoms in total. The van der Waals surface area contributed by atoms with Gasteiger partial charge in [0, 0.05) is 24.5 Å². The maximum absolute atomic E-state index is 4.12. The van der Waals surface area contributed by atoms with E-state index in [-0.39, 0.29) is 0 Å². The van der Waals surface area contributed by atoms with Gasteiger partial charge < -0.3 is 0 Å². The average molecular weight is 162 g/mol. The Kier molecular flexibility index (Phi) is 1.85. The summed E-state index contributed by atoms with van der Waals surface area (Å²) in [7, 11) is 2.17. The average Bonchev–Trinajstić information content (AvgIpc) is 2.15. The first kappa shape index (κ1) is 7.74. The summed E-state index contributed by atoms with van der Waals surface area (Å²) in [5.41, 5.74) is 1.35. The molecule has 0 radical (unpaired) electrons. The molecule has 0 amide bonds. The van der Waals surface area contributed by atoms with E-state index in [2.05, 4.69) is 29.9 Å². The van der Waals surface area contributed by atoms with E-state index in [1.807, 2.05) is 18.5 Å². The molecule has 0 bridgehead atoms. The smallest absolute Gasteiger partial charge is 0.0377 e. The van der Waals surface area contributed by atoms with Crippen molar-refractivity contribution in [3.8, 4) is 0 Å². The number of aromatic nitrogens is 1. The van der Waals surface area contributed by atoms with Gasteiger partial charge in [-0.3, -0.25) is 9.88 Å². The highest BCUT2D eigenvalue weighted by molar-refractivity contribution is 5.17. The summed E-state index contributed by atoms with van der Waals surface area (Å²) in [6.07, 6.45) is 5.06. The first-order valence-corrected chi connectivity index (χ1v) is 4.41. The molecule has 1 aliphatic heterocycles. The summed E-state index contributed by atoms with van der Waals surface area (Å²) in [6.45, 7) is 2.26. The topological polar surface area (TPSA) is 16.1 Å². The van der Waals surface area contributed by atoms with Crippen LogP contribution in [0.5, 0.6) is 0 Å². The lowest BCUT2D eigenvalue weighted by molar-refractivity contribution is 0.0557. The molecule has 64 valence electrons. The van der Waals surface area contributed by atoms with Crippen LogP contribution in [0.1, 0.15) is 24.9 Å². The molecular formula is C10H14N2. The molecular weight excluding hydrogens is 148 g/mol. The van der Waals surface area contributed by atoms with E-state index in [1.54, 1.807) is 0 Å². The molecule has 1 aliphatic rings. The number of rotatable bonds is 1. The van der Waals surface area contributed by atoms with Crippen molar-refractivity contribution in [1.82, 2.24) is 9.88 Å². The van der Waals surface area contributed by atoms with Crippen LogP contribution in [-0.2, 0) is 0 Å². The highest BCUT2D eigenvalue weighted by Crippen LogP contribution is 2.35. The normalized spacial score (nSPS) is 29.8. The van der Waals surface area contributed by atoms with E-state index < -0.39 is 0 Å². The first-order chi connectivity index (χ1) is 5.79. The molecule has 1 fully saturated rings. The summed E-state index contributed by atoms with van der Waals surface area (Å²) in [6, 6.07) is 5.50. The molecule has 0 N–H and O–H groups in total. The second kappa shape index (κ2) is 2.87. The highest BCUT2D eigenvalue weighted by Gasteiger charge is 2.32. The summed E-state index contributed by atoms with van der Waals surface area (Å²) >= 11 is 0. The standard InChI is InChI=1S/C10H14N2/c1-8-6-10(12(8)2)9-4-3-5-11-7-9/h3-5,7-8,10H,6H2,1-2H3/t8-,10-/m0/s1. The van der Waals surface area contributed by atoms with Crippen LogP contribution >= 0.6 is 0 Å². The second-order valence-electron chi connectivity index (χ2n) is 3.55. The van der Waals surface area contributed by atoms with Crippen molar-refractivity contribution in [2.75, 3.05) is 7.05 Å². The Bertz CT molecular complexity index is 258. The van der Waals surface area contributed by atoms with Crippen molar-refractivity contribution in [3.63, 3.8) is 0 Å². The van der Waals surface area contributed by atoms with Crippen LogP contribution in [0, 0.1) is 0 Å². The SMILES string of the molecule is C[C@H]1C[C@@H](c2cccnc2)N1C. The Hall–Kier alpha value is -0.890. The van der Waals surface area contributed by atoms with E-state index >= 15 is 0 Å². The third-order valence-electron chi connectivity index (χ3n) is 2.82. The number of hydrogen-bond acceptors (Lipinski definition) is 2. The molecule has 2 heteroatoms. The molecule has 2 rings (SSSR count). The summed E-state index contributed by atoms with van der Waals surface area (Å²) in [4.78, 5) is 6.51. The summed E-state index contributed by atoms with van der Waals surface area (Å²) < 4.78 is 0. The molecule has 0 spiro atoms. The van der Waals surface area contributed by atoms with Gasteiger partial charge in [0.15, 0.2) is 0 Å². The monoisotopic (exact) mass is 162 g/mol. The van der Waals surface area contributed by atoms with Gasteiger partial charge in [-0.1, -0.05) is 6.07 Å². The molecule has 0 unspecified atom stereocenters. The van der Waals surface area contributed by atoms with Gasteiger partial charge in [-0.25, -0.2) is 0 Å². The molecule has 2 atom stereocenters. The fourth-order valence-electron chi connectivity index (χ4n) is 1.77. The quantitative estimate of drug-likeness (QED) is 0.626. The van der Waals surface area contributed by atoms with Crippen molar-refractivity contribution in [2.45, 2.75) is 25.4 Å². The first-order valence-electron chi connectivity index (χ1n) is 4.41. The molecule has 12 heavy (non-hydrogen) atoms. The molecule has 0 aliphatic carbocycles. The van der Waals surface area contributed by atoms with Crippen LogP contribution < -0.4 is 0 Å². The Morgan fingerprint density at radius 2 is 2.42 bits per heavy atom. The minimum atomic E-state index is 0.605. The zero-order valence-electron chi connectivity index (χ0n) is 7.57. The number of likely N-dealkylation sites (tertiary alicyclic amines) is 1. The summed E-state index contributed by atoms with van der Waals surface area (Å²) in [5, 5.41) is 0. The van der Waals surface area contributed by atoms with Crippen LogP contribution in [0.2, 0.25) is 0 Å². The van der Waals surface area contributed by atoms with Gasteiger partial charge in [-0.15, -0.1) is 0 Å². The van der Waals surface area contributed by atoms with Gasteiger partial charge in [0.1, 0.15) is 0 Å². The largest absolute Gasteiger partial charge is 0.297 e. The number of nitrogens with zero attached hydrogens (tertiary/aromatic N) is 2. The van der Waals surface area contributed by atoms with Gasteiger partial charge >= 0.3 is 0 Å². The van der Waals surface area contributed by atoms with Crippen LogP contribution in [0.3, 0.4) is 0 Å². The number of hydrogen-bond donors (Lipinski definition) is 0. The third kappa shape index (κ3) is 1.12. The molecule has 0 saturated carbocycles. The Labute approximate surface area is 73.2 Å². The maximum atomic E-state index is 4.12. The minimum Gasteiger partial charge on any atom is -0.297 e.